The van der Waals surface area contributed by atoms with E-state index < -0.39 is 0 Å². The molecule has 1 rings (SSSR count). The van der Waals surface area contributed by atoms with Crippen LogP contribution in [0.3, 0.4) is 0 Å². The molecule has 1 saturated heterocycles. The number of primary amides is 1. The average Bonchev–Trinajstić information content (AvgIpc) is 2.36. The van der Waals surface area contributed by atoms with Gasteiger partial charge >= 0.3 is 0 Å². The number of carbonyl (C=O) groups is 1. The molecule has 0 aromatic heterocycles. The zero-order chi connectivity index (χ0) is 14.4. The predicted octanol–water partition coefficient (Wildman–Crippen LogP) is 0.180. The number of hydrogen-bond acceptors (Lipinski definition) is 4. The first-order chi connectivity index (χ1) is 8.95. The summed E-state index contributed by atoms with van der Waals surface area (Å²) in [7, 11) is 0. The summed E-state index contributed by atoms with van der Waals surface area (Å²) in [6.07, 6.45) is 2.11. The Morgan fingerprint density at radius 2 is 1.84 bits per heavy atom. The van der Waals surface area contributed by atoms with E-state index in [1.165, 1.54) is 0 Å². The number of amides is 1. The first-order valence-corrected chi connectivity index (χ1v) is 7.41. The van der Waals surface area contributed by atoms with Crippen molar-refractivity contribution in [2.24, 2.45) is 17.4 Å². The van der Waals surface area contributed by atoms with Gasteiger partial charge in [-0.2, -0.15) is 0 Å². The minimum absolute atomic E-state index is 0.0893. The summed E-state index contributed by atoms with van der Waals surface area (Å²) in [5.41, 5.74) is 11.1. The monoisotopic (exact) mass is 286 g/mol. The van der Waals surface area contributed by atoms with Crippen molar-refractivity contribution in [1.29, 1.82) is 0 Å². The third-order valence-corrected chi connectivity index (χ3v) is 4.03. The number of rotatable bonds is 7. The number of hydrogen-bond donors (Lipinski definition) is 2. The van der Waals surface area contributed by atoms with Gasteiger partial charge in [0.1, 0.15) is 0 Å². The van der Waals surface area contributed by atoms with E-state index in [4.69, 9.17) is 23.7 Å². The average molecular weight is 286 g/mol. The van der Waals surface area contributed by atoms with Crippen LogP contribution in [0.15, 0.2) is 0 Å². The van der Waals surface area contributed by atoms with Crippen molar-refractivity contribution in [3.05, 3.63) is 0 Å². The predicted molar refractivity (Wildman–Crippen MR) is 81.9 cm³/mol. The lowest BCUT2D eigenvalue weighted by atomic mass is 10.1. The van der Waals surface area contributed by atoms with Gasteiger partial charge in [0.25, 0.3) is 0 Å². The van der Waals surface area contributed by atoms with Crippen molar-refractivity contribution in [2.75, 3.05) is 32.7 Å². The molecular formula is C13H26N4OS. The van der Waals surface area contributed by atoms with E-state index in [1.807, 2.05) is 6.92 Å². The van der Waals surface area contributed by atoms with E-state index >= 15 is 0 Å². The largest absolute Gasteiger partial charge is 0.392 e. The molecule has 1 amide bonds. The van der Waals surface area contributed by atoms with Crippen LogP contribution in [0.2, 0.25) is 0 Å². The Morgan fingerprint density at radius 3 is 2.26 bits per heavy atom. The second-order valence-corrected chi connectivity index (χ2v) is 5.82. The first kappa shape index (κ1) is 16.3. The number of piperazine rings is 1. The van der Waals surface area contributed by atoms with Crippen LogP contribution in [-0.4, -0.2) is 59.5 Å². The van der Waals surface area contributed by atoms with E-state index in [2.05, 4.69) is 16.7 Å². The standard InChI is InChI=1S/C13H26N4OS/c1-3-4-11(13(15)19)17-7-5-16(6-8-17)9-10(2)12(14)18/h10-11H,3-9H2,1-2H3,(H2,14,18)(H2,15,19). The number of carbonyl (C=O) groups excluding carboxylic acids is 1. The maximum Gasteiger partial charge on any atom is 0.221 e. The van der Waals surface area contributed by atoms with Crippen molar-refractivity contribution < 1.29 is 4.79 Å². The molecule has 6 heteroatoms. The molecule has 0 bridgehead atoms. The lowest BCUT2D eigenvalue weighted by Gasteiger charge is -2.39. The molecule has 19 heavy (non-hydrogen) atoms. The summed E-state index contributed by atoms with van der Waals surface area (Å²) in [6, 6.07) is 0.218. The van der Waals surface area contributed by atoms with E-state index in [9.17, 15) is 4.79 Å². The molecule has 5 nitrogen and oxygen atoms in total. The molecule has 0 radical (unpaired) electrons. The third-order valence-electron chi connectivity index (χ3n) is 3.76. The molecule has 0 aromatic rings. The highest BCUT2D eigenvalue weighted by Crippen LogP contribution is 2.12. The van der Waals surface area contributed by atoms with E-state index in [-0.39, 0.29) is 17.9 Å². The van der Waals surface area contributed by atoms with Crippen LogP contribution in [-0.2, 0) is 4.79 Å². The molecule has 1 heterocycles. The number of nitrogens with zero attached hydrogens (tertiary/aromatic N) is 2. The van der Waals surface area contributed by atoms with Crippen molar-refractivity contribution in [2.45, 2.75) is 32.7 Å². The molecule has 110 valence electrons. The molecular weight excluding hydrogens is 260 g/mol. The molecule has 2 unspecified atom stereocenters. The Morgan fingerprint density at radius 1 is 1.26 bits per heavy atom. The highest BCUT2D eigenvalue weighted by atomic mass is 32.1. The second kappa shape index (κ2) is 7.77. The molecule has 0 spiro atoms. The van der Waals surface area contributed by atoms with Gasteiger partial charge in [0.15, 0.2) is 0 Å². The zero-order valence-electron chi connectivity index (χ0n) is 12.0. The smallest absolute Gasteiger partial charge is 0.221 e. The summed E-state index contributed by atoms with van der Waals surface area (Å²) in [6.45, 7) is 8.57. The van der Waals surface area contributed by atoms with Crippen LogP contribution in [0, 0.1) is 5.92 Å². The zero-order valence-corrected chi connectivity index (χ0v) is 12.8. The van der Waals surface area contributed by atoms with Gasteiger partial charge in [-0.1, -0.05) is 32.5 Å². The van der Waals surface area contributed by atoms with E-state index in [0.717, 1.165) is 45.6 Å². The summed E-state index contributed by atoms with van der Waals surface area (Å²) in [5.74, 6) is -0.317. The Labute approximate surface area is 121 Å². The van der Waals surface area contributed by atoms with Gasteiger partial charge in [-0.25, -0.2) is 0 Å². The Hall–Kier alpha value is -0.720. The fourth-order valence-corrected chi connectivity index (χ4v) is 2.78. The fourth-order valence-electron chi connectivity index (χ4n) is 2.51. The summed E-state index contributed by atoms with van der Waals surface area (Å²) in [4.78, 5) is 16.3. The minimum atomic E-state index is -0.227. The lowest BCUT2D eigenvalue weighted by molar-refractivity contribution is -0.122. The highest BCUT2D eigenvalue weighted by molar-refractivity contribution is 7.80. The molecule has 4 N–H and O–H groups in total. The van der Waals surface area contributed by atoms with Gasteiger partial charge in [-0.15, -0.1) is 0 Å². The van der Waals surface area contributed by atoms with Crippen molar-refractivity contribution >= 4 is 23.1 Å². The Bertz CT molecular complexity index is 316. The van der Waals surface area contributed by atoms with Crippen molar-refractivity contribution in [1.82, 2.24) is 9.80 Å². The number of nitrogens with two attached hydrogens (primary N) is 2. The van der Waals surface area contributed by atoms with Crippen LogP contribution in [0.25, 0.3) is 0 Å². The van der Waals surface area contributed by atoms with Gasteiger partial charge < -0.3 is 16.4 Å². The second-order valence-electron chi connectivity index (χ2n) is 5.35. The molecule has 0 saturated carbocycles. The van der Waals surface area contributed by atoms with Crippen LogP contribution < -0.4 is 11.5 Å². The van der Waals surface area contributed by atoms with Crippen LogP contribution in [0.4, 0.5) is 0 Å². The summed E-state index contributed by atoms with van der Waals surface area (Å²) in [5, 5.41) is 0. The molecule has 0 aromatic carbocycles. The van der Waals surface area contributed by atoms with Crippen LogP contribution in [0.5, 0.6) is 0 Å². The topological polar surface area (TPSA) is 75.6 Å². The highest BCUT2D eigenvalue weighted by Gasteiger charge is 2.26. The SMILES string of the molecule is CCCC(C(N)=S)N1CCN(CC(C)C(N)=O)CC1. The van der Waals surface area contributed by atoms with Crippen molar-refractivity contribution in [3.8, 4) is 0 Å². The Kier molecular flexibility index (Phi) is 6.68. The van der Waals surface area contributed by atoms with Gasteiger partial charge in [-0.05, 0) is 6.42 Å². The van der Waals surface area contributed by atoms with Crippen molar-refractivity contribution in [3.63, 3.8) is 0 Å². The quantitative estimate of drug-likeness (QED) is 0.653. The van der Waals surface area contributed by atoms with Gasteiger partial charge in [-0.3, -0.25) is 9.69 Å². The fraction of sp³-hybridized carbons (Fsp3) is 0.846. The van der Waals surface area contributed by atoms with Gasteiger partial charge in [0, 0.05) is 38.6 Å². The van der Waals surface area contributed by atoms with E-state index in [0.29, 0.717) is 4.99 Å². The summed E-state index contributed by atoms with van der Waals surface area (Å²) < 4.78 is 0. The molecule has 1 aliphatic heterocycles. The van der Waals surface area contributed by atoms with Gasteiger partial charge in [0.05, 0.1) is 11.0 Å². The minimum Gasteiger partial charge on any atom is -0.392 e. The maximum absolute atomic E-state index is 11.1. The van der Waals surface area contributed by atoms with Gasteiger partial charge in [0.2, 0.25) is 5.91 Å². The molecule has 1 aliphatic rings. The molecule has 1 fully saturated rings. The normalized spacial score (nSPS) is 20.9. The molecule has 2 atom stereocenters. The molecule has 0 aliphatic carbocycles. The van der Waals surface area contributed by atoms with Crippen LogP contribution >= 0.6 is 12.2 Å². The first-order valence-electron chi connectivity index (χ1n) is 7.00. The van der Waals surface area contributed by atoms with Crippen LogP contribution in [0.1, 0.15) is 26.7 Å². The Balaban J connectivity index is 2.43. The van der Waals surface area contributed by atoms with E-state index in [1.54, 1.807) is 0 Å². The lowest BCUT2D eigenvalue weighted by Crippen LogP contribution is -2.54. The third kappa shape index (κ3) is 5.04. The summed E-state index contributed by atoms with van der Waals surface area (Å²) >= 11 is 5.16. The number of thiocarbonyl (C=S) groups is 1. The maximum atomic E-state index is 11.1.